The Morgan fingerprint density at radius 1 is 1.33 bits per heavy atom. The van der Waals surface area contributed by atoms with Gasteiger partial charge in [0.1, 0.15) is 11.9 Å². The molecule has 2 saturated carbocycles. The predicted octanol–water partition coefficient (Wildman–Crippen LogP) is 3.82. The third kappa shape index (κ3) is 2.55. The van der Waals surface area contributed by atoms with Crippen LogP contribution in [0.25, 0.3) is 0 Å². The van der Waals surface area contributed by atoms with Crippen LogP contribution in [0.4, 0.5) is 5.69 Å². The lowest BCUT2D eigenvalue weighted by Gasteiger charge is -2.55. The summed E-state index contributed by atoms with van der Waals surface area (Å²) >= 11 is 3.38. The molecule has 2 aliphatic rings. The summed E-state index contributed by atoms with van der Waals surface area (Å²) in [6, 6.07) is 4.53. The predicted molar refractivity (Wildman–Crippen MR) is 81.4 cm³/mol. The van der Waals surface area contributed by atoms with Gasteiger partial charge >= 0.3 is 0 Å². The van der Waals surface area contributed by atoms with Gasteiger partial charge in [-0.15, -0.1) is 0 Å². The molecular weight excluding hydrogens is 338 g/mol. The van der Waals surface area contributed by atoms with E-state index in [1.165, 1.54) is 18.6 Å². The molecule has 0 aromatic heterocycles. The Balaban J connectivity index is 1.80. The summed E-state index contributed by atoms with van der Waals surface area (Å²) in [4.78, 5) is 10.5. The number of rotatable bonds is 3. The number of nitrogens with zero attached hydrogens (tertiary/aromatic N) is 1. The van der Waals surface area contributed by atoms with Crippen LogP contribution in [-0.2, 0) is 0 Å². The Kier molecular flexibility index (Phi) is 3.92. The molecule has 2 atom stereocenters. The quantitative estimate of drug-likeness (QED) is 0.660. The van der Waals surface area contributed by atoms with E-state index in [4.69, 9.17) is 4.74 Å². The first-order valence-electron chi connectivity index (χ1n) is 7.31. The number of halogens is 1. The number of non-ortho nitro benzene ring substituents is 1. The minimum atomic E-state index is -0.425. The van der Waals surface area contributed by atoms with E-state index >= 15 is 0 Å². The summed E-state index contributed by atoms with van der Waals surface area (Å²) in [5.41, 5.74) is -0.131. The third-order valence-corrected chi connectivity index (χ3v) is 5.58. The van der Waals surface area contributed by atoms with Crippen molar-refractivity contribution in [3.8, 4) is 5.75 Å². The molecule has 114 valence electrons. The molecule has 0 heterocycles. The molecule has 21 heavy (non-hydrogen) atoms. The number of nitro groups is 1. The highest BCUT2D eigenvalue weighted by Gasteiger charge is 2.56. The van der Waals surface area contributed by atoms with Crippen LogP contribution in [0.3, 0.4) is 0 Å². The van der Waals surface area contributed by atoms with Crippen molar-refractivity contribution in [1.82, 2.24) is 0 Å². The van der Waals surface area contributed by atoms with Crippen molar-refractivity contribution in [3.05, 3.63) is 32.8 Å². The van der Waals surface area contributed by atoms with Gasteiger partial charge in [-0.05, 0) is 34.8 Å². The van der Waals surface area contributed by atoms with Gasteiger partial charge in [0, 0.05) is 17.9 Å². The van der Waals surface area contributed by atoms with Crippen LogP contribution >= 0.6 is 15.9 Å². The Morgan fingerprint density at radius 2 is 2.05 bits per heavy atom. The van der Waals surface area contributed by atoms with Gasteiger partial charge in [0.15, 0.2) is 0 Å². The molecule has 3 rings (SSSR count). The van der Waals surface area contributed by atoms with Crippen molar-refractivity contribution in [2.75, 3.05) is 0 Å². The molecule has 1 aromatic rings. The van der Waals surface area contributed by atoms with Crippen LogP contribution in [0.2, 0.25) is 0 Å². The maximum absolute atomic E-state index is 10.9. The zero-order valence-corrected chi connectivity index (χ0v) is 13.2. The highest BCUT2D eigenvalue weighted by atomic mass is 79.9. The fraction of sp³-hybridized carbons (Fsp3) is 0.600. The van der Waals surface area contributed by atoms with E-state index in [1.54, 1.807) is 6.07 Å². The van der Waals surface area contributed by atoms with E-state index < -0.39 is 4.92 Å². The lowest BCUT2D eigenvalue weighted by Crippen LogP contribution is -2.60. The minimum Gasteiger partial charge on any atom is -0.488 e. The molecule has 0 saturated heterocycles. The van der Waals surface area contributed by atoms with Gasteiger partial charge in [-0.1, -0.05) is 19.3 Å². The maximum atomic E-state index is 10.9. The molecule has 5 nitrogen and oxygen atoms in total. The van der Waals surface area contributed by atoms with E-state index in [1.807, 2.05) is 0 Å². The smallest absolute Gasteiger partial charge is 0.273 e. The van der Waals surface area contributed by atoms with Gasteiger partial charge in [-0.25, -0.2) is 0 Å². The van der Waals surface area contributed by atoms with Crippen molar-refractivity contribution in [2.45, 2.75) is 50.7 Å². The molecule has 0 radical (unpaired) electrons. The number of aliphatic hydroxyl groups excluding tert-OH is 1. The van der Waals surface area contributed by atoms with Crippen LogP contribution in [-0.4, -0.2) is 22.2 Å². The molecule has 0 aliphatic heterocycles. The van der Waals surface area contributed by atoms with Crippen LogP contribution in [0.1, 0.15) is 38.5 Å². The Hall–Kier alpha value is -1.14. The molecule has 6 heteroatoms. The second-order valence-corrected chi connectivity index (χ2v) is 6.88. The Morgan fingerprint density at radius 3 is 2.67 bits per heavy atom. The zero-order valence-electron chi connectivity index (χ0n) is 11.6. The summed E-state index contributed by atoms with van der Waals surface area (Å²) in [7, 11) is 0. The first-order valence-corrected chi connectivity index (χ1v) is 8.11. The molecule has 2 unspecified atom stereocenters. The van der Waals surface area contributed by atoms with Crippen LogP contribution < -0.4 is 4.74 Å². The normalized spacial score (nSPS) is 27.1. The Bertz CT molecular complexity index is 557. The third-order valence-electron chi connectivity index (χ3n) is 4.92. The number of hydrogen-bond acceptors (Lipinski definition) is 4. The average Bonchev–Trinajstić information content (AvgIpc) is 2.49. The van der Waals surface area contributed by atoms with Crippen molar-refractivity contribution >= 4 is 21.6 Å². The van der Waals surface area contributed by atoms with Gasteiger partial charge in [0.2, 0.25) is 0 Å². The van der Waals surface area contributed by atoms with Crippen molar-refractivity contribution in [2.24, 2.45) is 5.41 Å². The molecule has 2 fully saturated rings. The first-order chi connectivity index (χ1) is 10.0. The van der Waals surface area contributed by atoms with Gasteiger partial charge in [-0.3, -0.25) is 10.1 Å². The zero-order chi connectivity index (χ0) is 15.0. The lowest BCUT2D eigenvalue weighted by molar-refractivity contribution is -0.385. The second-order valence-electron chi connectivity index (χ2n) is 6.02. The van der Waals surface area contributed by atoms with Crippen LogP contribution in [0.15, 0.2) is 22.7 Å². The van der Waals surface area contributed by atoms with E-state index in [0.29, 0.717) is 16.6 Å². The summed E-state index contributed by atoms with van der Waals surface area (Å²) in [5.74, 6) is 0.492. The van der Waals surface area contributed by atoms with Crippen LogP contribution in [0, 0.1) is 15.5 Å². The van der Waals surface area contributed by atoms with Crippen LogP contribution in [0.5, 0.6) is 5.75 Å². The molecule has 0 amide bonds. The minimum absolute atomic E-state index is 0.0192. The summed E-state index contributed by atoms with van der Waals surface area (Å²) < 4.78 is 6.73. The molecule has 0 bridgehead atoms. The fourth-order valence-electron chi connectivity index (χ4n) is 3.61. The highest BCUT2D eigenvalue weighted by molar-refractivity contribution is 9.10. The van der Waals surface area contributed by atoms with Crippen molar-refractivity contribution in [3.63, 3.8) is 0 Å². The van der Waals surface area contributed by atoms with E-state index in [0.717, 1.165) is 25.7 Å². The maximum Gasteiger partial charge on any atom is 0.273 e. The number of nitro benzene ring substituents is 1. The molecule has 1 N–H and O–H groups in total. The largest absolute Gasteiger partial charge is 0.488 e. The molecule has 2 aliphatic carbocycles. The van der Waals surface area contributed by atoms with E-state index in [-0.39, 0.29) is 23.3 Å². The lowest BCUT2D eigenvalue weighted by atomic mass is 9.56. The number of aliphatic hydroxyl groups is 1. The van der Waals surface area contributed by atoms with Gasteiger partial charge < -0.3 is 9.84 Å². The van der Waals surface area contributed by atoms with Gasteiger partial charge in [0.05, 0.1) is 21.6 Å². The molecule has 1 aromatic carbocycles. The first kappa shape index (κ1) is 14.8. The average molecular weight is 356 g/mol. The SMILES string of the molecule is O=[N+]([O-])c1ccc(Br)c(OC2CC(O)C23CCCCC3)c1. The van der Waals surface area contributed by atoms with E-state index in [2.05, 4.69) is 15.9 Å². The standard InChI is InChI=1S/C15H18BrNO4/c16-11-5-4-10(17(19)20)8-12(11)21-14-9-13(18)15(14)6-2-1-3-7-15/h4-5,8,13-14,18H,1-3,6-7,9H2. The monoisotopic (exact) mass is 355 g/mol. The highest BCUT2D eigenvalue weighted by Crippen LogP contribution is 2.53. The number of hydrogen-bond donors (Lipinski definition) is 1. The van der Waals surface area contributed by atoms with Crippen molar-refractivity contribution < 1.29 is 14.8 Å². The summed E-state index contributed by atoms with van der Waals surface area (Å²) in [6.45, 7) is 0. The second kappa shape index (κ2) is 5.57. The molecule has 1 spiro atoms. The summed E-state index contributed by atoms with van der Waals surface area (Å²) in [5, 5.41) is 21.1. The van der Waals surface area contributed by atoms with Gasteiger partial charge in [0.25, 0.3) is 5.69 Å². The number of benzene rings is 1. The number of ether oxygens (including phenoxy) is 1. The topological polar surface area (TPSA) is 72.6 Å². The van der Waals surface area contributed by atoms with Gasteiger partial charge in [-0.2, -0.15) is 0 Å². The molecular formula is C15H18BrNO4. The Labute approximate surface area is 131 Å². The van der Waals surface area contributed by atoms with Crippen molar-refractivity contribution in [1.29, 1.82) is 0 Å². The van der Waals surface area contributed by atoms with E-state index in [9.17, 15) is 15.2 Å². The summed E-state index contributed by atoms with van der Waals surface area (Å²) in [6.07, 6.45) is 5.65. The fourth-order valence-corrected chi connectivity index (χ4v) is 3.95.